The summed E-state index contributed by atoms with van der Waals surface area (Å²) in [5, 5.41) is 3.40. The average Bonchev–Trinajstić information content (AvgIpc) is 2.70. The van der Waals surface area contributed by atoms with Crippen molar-refractivity contribution < 1.29 is 27.8 Å². The Morgan fingerprint density at radius 1 is 1.06 bits per heavy atom. The van der Waals surface area contributed by atoms with Crippen molar-refractivity contribution in [1.82, 2.24) is 4.98 Å². The van der Waals surface area contributed by atoms with E-state index in [-0.39, 0.29) is 6.61 Å². The SMILES string of the molecule is COc1ccc(NC(c2cnc(C)c3c2COC(C)(C)O3)P(=O)(OC(C)(C)C)OC(C)(C)C)cc1. The van der Waals surface area contributed by atoms with Gasteiger partial charge in [0.25, 0.3) is 0 Å². The number of rotatable bonds is 7. The molecule has 1 unspecified atom stereocenters. The van der Waals surface area contributed by atoms with Gasteiger partial charge in [-0.1, -0.05) is 0 Å². The van der Waals surface area contributed by atoms with Crippen LogP contribution in [0.15, 0.2) is 30.5 Å². The highest BCUT2D eigenvalue weighted by atomic mass is 31.2. The highest BCUT2D eigenvalue weighted by Crippen LogP contribution is 2.65. The van der Waals surface area contributed by atoms with Crippen LogP contribution in [0.2, 0.25) is 0 Å². The van der Waals surface area contributed by atoms with Gasteiger partial charge in [0.15, 0.2) is 5.78 Å². The summed E-state index contributed by atoms with van der Waals surface area (Å²) in [6, 6.07) is 7.37. The molecule has 35 heavy (non-hydrogen) atoms. The molecule has 1 aromatic carbocycles. The fraction of sp³-hybridized carbons (Fsp3) is 0.577. The second kappa shape index (κ2) is 9.74. The lowest BCUT2D eigenvalue weighted by Crippen LogP contribution is -2.37. The van der Waals surface area contributed by atoms with Crippen LogP contribution < -0.4 is 14.8 Å². The maximum atomic E-state index is 14.7. The van der Waals surface area contributed by atoms with E-state index in [0.717, 1.165) is 16.9 Å². The minimum atomic E-state index is -3.87. The third-order valence-electron chi connectivity index (χ3n) is 5.07. The Bertz CT molecular complexity index is 1070. The predicted molar refractivity (Wildman–Crippen MR) is 137 cm³/mol. The van der Waals surface area contributed by atoms with Gasteiger partial charge in [-0.25, -0.2) is 0 Å². The minimum absolute atomic E-state index is 0.271. The van der Waals surface area contributed by atoms with Crippen LogP contribution in [0.1, 0.15) is 78.0 Å². The van der Waals surface area contributed by atoms with Crippen LogP contribution >= 0.6 is 7.60 Å². The van der Waals surface area contributed by atoms with E-state index in [1.807, 2.05) is 86.6 Å². The quantitative estimate of drug-likeness (QED) is 0.403. The molecule has 0 bridgehead atoms. The van der Waals surface area contributed by atoms with Crippen LogP contribution in [-0.2, 0) is 25.0 Å². The molecule has 0 aliphatic carbocycles. The van der Waals surface area contributed by atoms with Crippen LogP contribution in [0.3, 0.4) is 0 Å². The molecule has 1 N–H and O–H groups in total. The highest BCUT2D eigenvalue weighted by Gasteiger charge is 2.46. The van der Waals surface area contributed by atoms with Gasteiger partial charge in [-0.3, -0.25) is 9.55 Å². The Morgan fingerprint density at radius 2 is 1.63 bits per heavy atom. The van der Waals surface area contributed by atoms with Crippen molar-refractivity contribution >= 4 is 13.3 Å². The molecule has 8 nitrogen and oxygen atoms in total. The van der Waals surface area contributed by atoms with Crippen molar-refractivity contribution in [3.8, 4) is 11.5 Å². The van der Waals surface area contributed by atoms with E-state index >= 15 is 0 Å². The van der Waals surface area contributed by atoms with Crippen molar-refractivity contribution in [3.05, 3.63) is 47.3 Å². The van der Waals surface area contributed by atoms with Gasteiger partial charge >= 0.3 is 7.60 Å². The number of benzene rings is 1. The first kappa shape index (κ1) is 27.5. The predicted octanol–water partition coefficient (Wildman–Crippen LogP) is 6.98. The molecule has 0 radical (unpaired) electrons. The second-order valence-electron chi connectivity index (χ2n) is 11.1. The van der Waals surface area contributed by atoms with Gasteiger partial charge in [-0.05, 0) is 72.7 Å². The largest absolute Gasteiger partial charge is 0.497 e. The molecule has 0 amide bonds. The van der Waals surface area contributed by atoms with Crippen LogP contribution in [0.4, 0.5) is 5.69 Å². The van der Waals surface area contributed by atoms with Gasteiger partial charge in [0.1, 0.15) is 11.5 Å². The van der Waals surface area contributed by atoms with E-state index in [4.69, 9.17) is 23.3 Å². The van der Waals surface area contributed by atoms with Gasteiger partial charge in [-0.2, -0.15) is 0 Å². The Kier molecular flexibility index (Phi) is 7.64. The topological polar surface area (TPSA) is 88.1 Å². The number of aromatic nitrogens is 1. The molecule has 0 fully saturated rings. The molecule has 1 aromatic heterocycles. The van der Waals surface area contributed by atoms with Crippen LogP contribution in [-0.4, -0.2) is 29.1 Å². The molecule has 1 aliphatic rings. The number of hydrogen-bond acceptors (Lipinski definition) is 8. The number of nitrogens with one attached hydrogen (secondary N) is 1. The van der Waals surface area contributed by atoms with Crippen molar-refractivity contribution in [2.75, 3.05) is 12.4 Å². The zero-order valence-electron chi connectivity index (χ0n) is 22.5. The molecule has 1 aliphatic heterocycles. The third kappa shape index (κ3) is 6.98. The molecule has 2 heterocycles. The van der Waals surface area contributed by atoms with Crippen molar-refractivity contribution in [3.63, 3.8) is 0 Å². The van der Waals surface area contributed by atoms with Crippen molar-refractivity contribution in [1.29, 1.82) is 0 Å². The Balaban J connectivity index is 2.20. The third-order valence-corrected chi connectivity index (χ3v) is 7.71. The number of anilines is 1. The number of methoxy groups -OCH3 is 1. The van der Waals surface area contributed by atoms with Gasteiger partial charge in [0, 0.05) is 36.9 Å². The lowest BCUT2D eigenvalue weighted by molar-refractivity contribution is -0.180. The summed E-state index contributed by atoms with van der Waals surface area (Å²) >= 11 is 0. The zero-order valence-corrected chi connectivity index (χ0v) is 23.4. The highest BCUT2D eigenvalue weighted by molar-refractivity contribution is 7.54. The number of fused-ring (bicyclic) bond motifs is 1. The fourth-order valence-corrected chi connectivity index (χ4v) is 6.40. The van der Waals surface area contributed by atoms with E-state index in [2.05, 4.69) is 10.3 Å². The molecular weight excluding hydrogens is 467 g/mol. The molecule has 2 aromatic rings. The summed E-state index contributed by atoms with van der Waals surface area (Å²) in [5.41, 5.74) is 1.36. The number of nitrogens with zero attached hydrogens (tertiary/aromatic N) is 1. The summed E-state index contributed by atoms with van der Waals surface area (Å²) in [6.45, 7) is 17.0. The Morgan fingerprint density at radius 3 is 2.14 bits per heavy atom. The maximum Gasteiger partial charge on any atom is 0.358 e. The molecular formula is C26H39N2O6P. The van der Waals surface area contributed by atoms with E-state index < -0.39 is 30.4 Å². The summed E-state index contributed by atoms with van der Waals surface area (Å²) in [5.74, 6) is -0.349. The summed E-state index contributed by atoms with van der Waals surface area (Å²) in [4.78, 5) is 4.58. The van der Waals surface area contributed by atoms with Crippen LogP contribution in [0.5, 0.6) is 11.5 Å². The Hall–Kier alpha value is -2.12. The lowest BCUT2D eigenvalue weighted by Gasteiger charge is -2.39. The molecule has 9 heteroatoms. The zero-order chi connectivity index (χ0) is 26.2. The van der Waals surface area contributed by atoms with Gasteiger partial charge in [-0.15, -0.1) is 0 Å². The maximum absolute atomic E-state index is 14.7. The molecule has 3 rings (SSSR count). The first-order valence-corrected chi connectivity index (χ1v) is 13.4. The van der Waals surface area contributed by atoms with Crippen molar-refractivity contribution in [2.24, 2.45) is 0 Å². The van der Waals surface area contributed by atoms with Gasteiger partial charge in [0.2, 0.25) is 5.79 Å². The molecule has 194 valence electrons. The molecule has 1 atom stereocenters. The van der Waals surface area contributed by atoms with Crippen LogP contribution in [0, 0.1) is 6.92 Å². The van der Waals surface area contributed by atoms with E-state index in [1.54, 1.807) is 13.3 Å². The molecule has 0 spiro atoms. The second-order valence-corrected chi connectivity index (χ2v) is 13.1. The van der Waals surface area contributed by atoms with Gasteiger partial charge < -0.3 is 28.6 Å². The fourth-order valence-electron chi connectivity index (χ4n) is 3.75. The van der Waals surface area contributed by atoms with E-state index in [9.17, 15) is 4.57 Å². The minimum Gasteiger partial charge on any atom is -0.497 e. The number of pyridine rings is 1. The smallest absolute Gasteiger partial charge is 0.358 e. The van der Waals surface area contributed by atoms with E-state index in [0.29, 0.717) is 17.1 Å². The standard InChI is InChI=1S/C26H39N2O6P/c1-17-22-21(16-31-26(8,9)32-22)20(15-27-17)23(28-18-11-13-19(30-10)14-12-18)35(29,33-24(2,3)4)34-25(5,6)7/h11-15,23,28H,16H2,1-10H3. The van der Waals surface area contributed by atoms with Crippen LogP contribution in [0.25, 0.3) is 0 Å². The first-order chi connectivity index (χ1) is 16.0. The lowest BCUT2D eigenvalue weighted by atomic mass is 10.1. The van der Waals surface area contributed by atoms with E-state index in [1.165, 1.54) is 0 Å². The molecule has 0 saturated heterocycles. The summed E-state index contributed by atoms with van der Waals surface area (Å²) in [7, 11) is -2.26. The monoisotopic (exact) mass is 506 g/mol. The van der Waals surface area contributed by atoms with Gasteiger partial charge in [0.05, 0.1) is 30.6 Å². The summed E-state index contributed by atoms with van der Waals surface area (Å²) < 4.78 is 44.6. The number of aryl methyl sites for hydroxylation is 1. The number of hydrogen-bond donors (Lipinski definition) is 1. The number of ether oxygens (including phenoxy) is 3. The average molecular weight is 507 g/mol. The summed E-state index contributed by atoms with van der Waals surface area (Å²) in [6.07, 6.45) is 1.70. The Labute approximate surface area is 209 Å². The normalized spacial score (nSPS) is 16.7. The first-order valence-electron chi connectivity index (χ1n) is 11.8. The molecule has 0 saturated carbocycles. The van der Waals surface area contributed by atoms with Crippen molar-refractivity contribution in [2.45, 2.75) is 91.7 Å².